The third-order valence-corrected chi connectivity index (χ3v) is 20.4. The third-order valence-electron chi connectivity index (χ3n) is 9.61. The summed E-state index contributed by atoms with van der Waals surface area (Å²) in [6.07, 6.45) is 0. The number of rotatable bonds is 16. The van der Waals surface area contributed by atoms with Gasteiger partial charge in [0, 0.05) is 0 Å². The van der Waals surface area contributed by atoms with E-state index in [-0.39, 0.29) is 46.0 Å². The molecule has 9 rings (SSSR count). The number of benzene rings is 8. The lowest BCUT2D eigenvalue weighted by Crippen LogP contribution is -2.11. The summed E-state index contributed by atoms with van der Waals surface area (Å²) in [5.74, 6) is 1.41. The van der Waals surface area contributed by atoms with Crippen molar-refractivity contribution in [1.29, 1.82) is 21.0 Å². The van der Waals surface area contributed by atoms with Gasteiger partial charge in [-0.15, -0.1) is 0 Å². The highest BCUT2D eigenvalue weighted by atomic mass is 31.3. The van der Waals surface area contributed by atoms with E-state index in [0.717, 1.165) is 0 Å². The van der Waals surface area contributed by atoms with Gasteiger partial charge >= 0.3 is 30.6 Å². The molecule has 1 heterocycles. The Kier molecular flexibility index (Phi) is 14.5. The van der Waals surface area contributed by atoms with Gasteiger partial charge in [-0.1, -0.05) is 90.9 Å². The average molecular weight is 1020 g/mol. The molecule has 0 N–H and O–H groups in total. The van der Waals surface area contributed by atoms with E-state index in [1.807, 2.05) is 0 Å². The van der Waals surface area contributed by atoms with Gasteiger partial charge in [0.25, 0.3) is 0 Å². The summed E-state index contributed by atoms with van der Waals surface area (Å²) < 4.78 is 77.9. The molecule has 20 heteroatoms. The maximum atomic E-state index is 9.82. The van der Waals surface area contributed by atoms with Gasteiger partial charge in [0.2, 0.25) is 0 Å². The van der Waals surface area contributed by atoms with E-state index in [0.29, 0.717) is 22.3 Å². The first-order valence-electron chi connectivity index (χ1n) is 21.5. The normalized spacial score (nSPS) is 19.7. The minimum absolute atomic E-state index is 0.133. The molecular formula is C52H36N8O8P4. The molecule has 0 saturated carbocycles. The summed E-state index contributed by atoms with van der Waals surface area (Å²) in [7, 11) is -18.6. The second-order valence-corrected chi connectivity index (χ2v) is 23.1. The summed E-state index contributed by atoms with van der Waals surface area (Å²) in [4.78, 5) is 0. The Labute approximate surface area is 415 Å². The lowest BCUT2D eigenvalue weighted by molar-refractivity contribution is 0.444. The van der Waals surface area contributed by atoms with Crippen molar-refractivity contribution in [3.8, 4) is 70.3 Å². The molecular weight excluding hydrogens is 989 g/mol. The van der Waals surface area contributed by atoms with E-state index < -0.39 is 30.6 Å². The van der Waals surface area contributed by atoms with E-state index in [1.165, 1.54) is 0 Å². The molecule has 0 aromatic heterocycles. The molecule has 0 aliphatic carbocycles. The molecule has 0 unspecified atom stereocenters. The van der Waals surface area contributed by atoms with E-state index in [9.17, 15) is 21.0 Å². The zero-order valence-electron chi connectivity index (χ0n) is 37.4. The lowest BCUT2D eigenvalue weighted by Gasteiger charge is -2.33. The van der Waals surface area contributed by atoms with E-state index in [4.69, 9.17) is 54.3 Å². The molecule has 1 aliphatic rings. The van der Waals surface area contributed by atoms with Gasteiger partial charge in [0.15, 0.2) is 0 Å². The Morgan fingerprint density at radius 3 is 0.528 bits per heavy atom. The van der Waals surface area contributed by atoms with Crippen molar-refractivity contribution in [3.05, 3.63) is 241 Å². The highest BCUT2D eigenvalue weighted by Crippen LogP contribution is 2.79. The minimum atomic E-state index is -4.64. The monoisotopic (exact) mass is 1020 g/mol. The topological polar surface area (TPSA) is 218 Å². The van der Waals surface area contributed by atoms with Gasteiger partial charge in [-0.05, 0) is 146 Å². The SMILES string of the molecule is N#Cc1ccc(OP2(Oc3ccccc3)=NP(Oc3ccccc3)(Oc3ccc(C#N)cc3)=NP(Oc3ccccc3)(Oc3ccc(C#N)cc3)=NP(Oc3ccccc3)(Oc3ccc(C#N)cc3)=N2)cc1. The first-order valence-corrected chi connectivity index (χ1v) is 27.6. The van der Waals surface area contributed by atoms with Crippen LogP contribution in [0.3, 0.4) is 0 Å². The molecule has 0 radical (unpaired) electrons. The molecule has 8 aromatic carbocycles. The quantitative estimate of drug-likeness (QED) is 0.0825. The van der Waals surface area contributed by atoms with Crippen LogP contribution in [0.25, 0.3) is 0 Å². The molecule has 0 spiro atoms. The molecule has 8 aromatic rings. The number of nitriles is 4. The number of hydrogen-bond donors (Lipinski definition) is 0. The van der Waals surface area contributed by atoms with Crippen LogP contribution >= 0.6 is 30.6 Å². The average Bonchev–Trinajstić information content (AvgIpc) is 3.40. The number of nitrogens with zero attached hydrogens (tertiary/aromatic N) is 8. The fraction of sp³-hybridized carbons (Fsp3) is 0. The van der Waals surface area contributed by atoms with Gasteiger partial charge in [-0.25, -0.2) is 0 Å². The van der Waals surface area contributed by atoms with Crippen molar-refractivity contribution in [2.75, 3.05) is 0 Å². The van der Waals surface area contributed by atoms with Crippen LogP contribution in [0.1, 0.15) is 22.3 Å². The number of para-hydroxylation sites is 4. The number of hydrogen-bond acceptors (Lipinski definition) is 16. The first kappa shape index (κ1) is 48.1. The van der Waals surface area contributed by atoms with Crippen molar-refractivity contribution in [2.24, 2.45) is 18.1 Å². The Morgan fingerprint density at radius 2 is 0.375 bits per heavy atom. The molecule has 0 atom stereocenters. The molecule has 72 heavy (non-hydrogen) atoms. The van der Waals surface area contributed by atoms with Crippen molar-refractivity contribution >= 4 is 30.6 Å². The zero-order chi connectivity index (χ0) is 49.7. The predicted molar refractivity (Wildman–Crippen MR) is 273 cm³/mol. The van der Waals surface area contributed by atoms with Gasteiger partial charge in [0.1, 0.15) is 46.0 Å². The third kappa shape index (κ3) is 12.1. The lowest BCUT2D eigenvalue weighted by atomic mass is 10.2. The molecule has 0 amide bonds. The summed E-state index contributed by atoms with van der Waals surface area (Å²) >= 11 is 0. The second kappa shape index (κ2) is 21.8. The van der Waals surface area contributed by atoms with Crippen molar-refractivity contribution in [3.63, 3.8) is 0 Å². The first-order chi connectivity index (χ1) is 35.2. The summed E-state index contributed by atoms with van der Waals surface area (Å²) in [6.45, 7) is 0. The fourth-order valence-corrected chi connectivity index (χ4v) is 18.5. The molecule has 0 bridgehead atoms. The van der Waals surface area contributed by atoms with Crippen molar-refractivity contribution < 1.29 is 36.2 Å². The summed E-state index contributed by atoms with van der Waals surface area (Å²) in [5.41, 5.74) is 1.33. The largest absolute Gasteiger partial charge is 0.460 e. The molecule has 352 valence electrons. The molecule has 0 fully saturated rings. The molecule has 0 saturated heterocycles. The van der Waals surface area contributed by atoms with Crippen molar-refractivity contribution in [1.82, 2.24) is 0 Å². The Hall–Kier alpha value is -8.96. The zero-order valence-corrected chi connectivity index (χ0v) is 41.0. The molecule has 1 aliphatic heterocycles. The van der Waals surface area contributed by atoms with E-state index >= 15 is 0 Å². The van der Waals surface area contributed by atoms with Crippen LogP contribution in [0.2, 0.25) is 0 Å². The van der Waals surface area contributed by atoms with Crippen LogP contribution in [0.4, 0.5) is 0 Å². The van der Waals surface area contributed by atoms with Gasteiger partial charge in [-0.3, -0.25) is 0 Å². The molecule has 16 nitrogen and oxygen atoms in total. The van der Waals surface area contributed by atoms with E-state index in [2.05, 4.69) is 24.3 Å². The maximum Gasteiger partial charge on any atom is 0.460 e. The maximum absolute atomic E-state index is 9.82. The highest BCUT2D eigenvalue weighted by molar-refractivity contribution is 7.79. The summed E-state index contributed by atoms with van der Waals surface area (Å²) in [6, 6.07) is 67.8. The van der Waals surface area contributed by atoms with Gasteiger partial charge in [0.05, 0.1) is 46.5 Å². The smallest absolute Gasteiger partial charge is 0.413 e. The van der Waals surface area contributed by atoms with E-state index in [1.54, 1.807) is 218 Å². The van der Waals surface area contributed by atoms with Crippen LogP contribution in [-0.2, 0) is 0 Å². The Bertz CT molecular complexity index is 3100. The Morgan fingerprint density at radius 1 is 0.222 bits per heavy atom. The Balaban J connectivity index is 1.49. The van der Waals surface area contributed by atoms with Gasteiger partial charge in [-0.2, -0.15) is 21.0 Å². The van der Waals surface area contributed by atoms with Crippen molar-refractivity contribution in [2.45, 2.75) is 0 Å². The highest BCUT2D eigenvalue weighted by Gasteiger charge is 2.49. The van der Waals surface area contributed by atoms with Crippen LogP contribution in [0.15, 0.2) is 236 Å². The minimum Gasteiger partial charge on any atom is -0.413 e. The second-order valence-electron chi connectivity index (χ2n) is 14.8. The van der Waals surface area contributed by atoms with Crippen LogP contribution in [0, 0.1) is 45.3 Å². The van der Waals surface area contributed by atoms with Crippen LogP contribution in [0.5, 0.6) is 46.0 Å². The van der Waals surface area contributed by atoms with Crippen LogP contribution in [-0.4, -0.2) is 0 Å². The predicted octanol–water partition coefficient (Wildman–Crippen LogP) is 15.9. The van der Waals surface area contributed by atoms with Gasteiger partial charge < -0.3 is 36.2 Å². The fourth-order valence-electron chi connectivity index (χ4n) is 6.39. The standard InChI is InChI=1S/C52H36N8O8P4/c53-37-41-21-29-49(30-22-41)65-69(61-45-13-5-1-6-14-45)57-70(62-46-15-7-2-8-16-46,66-50-31-23-42(38-54)24-32-50)59-72(64-48-19-11-4-12-20-48,68-52-35-27-44(40-56)28-36-52)60-71(58-69,63-47-17-9-3-10-18-47)67-51-33-25-43(39-55)26-34-51/h1-36H. The summed E-state index contributed by atoms with van der Waals surface area (Å²) in [5, 5.41) is 39.3. The van der Waals surface area contributed by atoms with Crippen LogP contribution < -0.4 is 36.2 Å².